The van der Waals surface area contributed by atoms with Gasteiger partial charge in [0.1, 0.15) is 5.69 Å². The van der Waals surface area contributed by atoms with Crippen LogP contribution in [0.2, 0.25) is 5.02 Å². The fourth-order valence-electron chi connectivity index (χ4n) is 2.90. The number of hydrogen-bond acceptors (Lipinski definition) is 7. The van der Waals surface area contributed by atoms with Crippen molar-refractivity contribution in [2.45, 2.75) is 19.9 Å². The van der Waals surface area contributed by atoms with Gasteiger partial charge in [-0.3, -0.25) is 15.0 Å². The van der Waals surface area contributed by atoms with Crippen molar-refractivity contribution in [2.24, 2.45) is 0 Å². The molecule has 0 saturated carbocycles. The predicted octanol–water partition coefficient (Wildman–Crippen LogP) is 2.82. The van der Waals surface area contributed by atoms with Crippen LogP contribution in [0.15, 0.2) is 22.6 Å². The molecule has 24 heavy (non-hydrogen) atoms. The average Bonchev–Trinajstić information content (AvgIpc) is 3.01. The van der Waals surface area contributed by atoms with Gasteiger partial charge in [-0.05, 0) is 19.1 Å². The van der Waals surface area contributed by atoms with Gasteiger partial charge < -0.3 is 9.32 Å². The summed E-state index contributed by atoms with van der Waals surface area (Å²) in [7, 11) is 0. The Balaban J connectivity index is 1.70. The first-order chi connectivity index (χ1) is 11.5. The fraction of sp³-hybridized carbons (Fsp3) is 0.467. The third-order valence-corrected chi connectivity index (χ3v) is 4.47. The molecule has 0 N–H and O–H groups in total. The highest BCUT2D eigenvalue weighted by molar-refractivity contribution is 6.30. The van der Waals surface area contributed by atoms with Crippen molar-refractivity contribution in [3.8, 4) is 0 Å². The second-order valence-corrected chi connectivity index (χ2v) is 6.18. The van der Waals surface area contributed by atoms with Gasteiger partial charge >= 0.3 is 0 Å². The number of benzene rings is 1. The Hall–Kier alpha value is -2.19. The first-order valence-electron chi connectivity index (χ1n) is 7.68. The van der Waals surface area contributed by atoms with E-state index < -0.39 is 4.92 Å². The summed E-state index contributed by atoms with van der Waals surface area (Å²) in [5.41, 5.74) is 0.641. The lowest BCUT2D eigenvalue weighted by Gasteiger charge is -2.37. The molecule has 0 unspecified atom stereocenters. The summed E-state index contributed by atoms with van der Waals surface area (Å²) < 4.78 is 5.49. The van der Waals surface area contributed by atoms with E-state index in [1.165, 1.54) is 6.07 Å². The van der Waals surface area contributed by atoms with Gasteiger partial charge in [-0.25, -0.2) is 0 Å². The molecule has 0 amide bonds. The van der Waals surface area contributed by atoms with Crippen molar-refractivity contribution in [3.05, 3.63) is 45.1 Å². The number of nitro benzene ring substituents is 1. The van der Waals surface area contributed by atoms with Gasteiger partial charge in [-0.15, -0.1) is 10.2 Å². The summed E-state index contributed by atoms with van der Waals surface area (Å²) in [6.07, 6.45) is 0. The largest absolute Gasteiger partial charge is 0.424 e. The normalized spacial score (nSPS) is 17.0. The molecule has 8 nitrogen and oxygen atoms in total. The van der Waals surface area contributed by atoms with Crippen LogP contribution in [0.4, 0.5) is 11.4 Å². The zero-order valence-corrected chi connectivity index (χ0v) is 14.2. The molecule has 0 aliphatic carbocycles. The first kappa shape index (κ1) is 16.7. The molecule has 1 atom stereocenters. The Labute approximate surface area is 144 Å². The Bertz CT molecular complexity index is 742. The van der Waals surface area contributed by atoms with Crippen LogP contribution in [0, 0.1) is 17.0 Å². The molecule has 1 fully saturated rings. The van der Waals surface area contributed by atoms with Crippen molar-refractivity contribution in [1.29, 1.82) is 0 Å². The molecule has 9 heteroatoms. The number of aromatic nitrogens is 2. The third-order valence-electron chi connectivity index (χ3n) is 4.24. The summed E-state index contributed by atoms with van der Waals surface area (Å²) in [5, 5.41) is 19.6. The molecule has 1 aromatic heterocycles. The van der Waals surface area contributed by atoms with E-state index in [0.29, 0.717) is 35.6 Å². The van der Waals surface area contributed by atoms with Crippen LogP contribution in [0.3, 0.4) is 0 Å². The van der Waals surface area contributed by atoms with E-state index in [2.05, 4.69) is 15.1 Å². The number of aryl methyl sites for hydroxylation is 1. The first-order valence-corrected chi connectivity index (χ1v) is 8.06. The number of piperazine rings is 1. The number of rotatable bonds is 4. The lowest BCUT2D eigenvalue weighted by atomic mass is 10.2. The number of nitrogens with zero attached hydrogens (tertiary/aromatic N) is 5. The van der Waals surface area contributed by atoms with Crippen LogP contribution in [-0.2, 0) is 0 Å². The number of halogens is 1. The molecule has 3 rings (SSSR count). The Morgan fingerprint density at radius 3 is 2.58 bits per heavy atom. The van der Waals surface area contributed by atoms with Gasteiger partial charge in [0.15, 0.2) is 0 Å². The highest BCUT2D eigenvalue weighted by Crippen LogP contribution is 2.32. The minimum absolute atomic E-state index is 0.0218. The van der Waals surface area contributed by atoms with Crippen LogP contribution < -0.4 is 4.90 Å². The zero-order chi connectivity index (χ0) is 17.3. The van der Waals surface area contributed by atoms with E-state index in [9.17, 15) is 10.1 Å². The van der Waals surface area contributed by atoms with E-state index in [-0.39, 0.29) is 11.7 Å². The highest BCUT2D eigenvalue weighted by atomic mass is 35.5. The van der Waals surface area contributed by atoms with E-state index in [1.807, 2.05) is 11.8 Å². The molecular weight excluding hydrogens is 334 g/mol. The molecule has 128 valence electrons. The van der Waals surface area contributed by atoms with Crippen molar-refractivity contribution in [1.82, 2.24) is 15.1 Å². The monoisotopic (exact) mass is 351 g/mol. The minimum Gasteiger partial charge on any atom is -0.424 e. The van der Waals surface area contributed by atoms with Crippen LogP contribution in [0.1, 0.15) is 24.7 Å². The maximum absolute atomic E-state index is 11.3. The van der Waals surface area contributed by atoms with Crippen molar-refractivity contribution in [2.75, 3.05) is 31.1 Å². The second-order valence-electron chi connectivity index (χ2n) is 5.75. The lowest BCUT2D eigenvalue weighted by Crippen LogP contribution is -2.47. The molecule has 1 saturated heterocycles. The Morgan fingerprint density at radius 2 is 2.00 bits per heavy atom. The molecule has 0 spiro atoms. The summed E-state index contributed by atoms with van der Waals surface area (Å²) in [5.74, 6) is 1.14. The number of nitro groups is 1. The SMILES string of the molecule is Cc1nnc([C@@H](C)N2CCN(c3ccc(Cl)cc3[N+](=O)[O-])CC2)o1. The minimum atomic E-state index is -0.391. The smallest absolute Gasteiger partial charge is 0.294 e. The zero-order valence-electron chi connectivity index (χ0n) is 13.5. The number of anilines is 1. The van der Waals surface area contributed by atoms with Crippen LogP contribution in [0.25, 0.3) is 0 Å². The second kappa shape index (κ2) is 6.74. The van der Waals surface area contributed by atoms with Gasteiger partial charge in [0.05, 0.1) is 11.0 Å². The van der Waals surface area contributed by atoms with Gasteiger partial charge in [-0.1, -0.05) is 11.6 Å². The van der Waals surface area contributed by atoms with E-state index in [0.717, 1.165) is 13.1 Å². The maximum Gasteiger partial charge on any atom is 0.294 e. The molecular formula is C15H18ClN5O3. The van der Waals surface area contributed by atoms with Crippen molar-refractivity contribution in [3.63, 3.8) is 0 Å². The maximum atomic E-state index is 11.3. The lowest BCUT2D eigenvalue weighted by molar-refractivity contribution is -0.384. The highest BCUT2D eigenvalue weighted by Gasteiger charge is 2.28. The van der Waals surface area contributed by atoms with E-state index in [1.54, 1.807) is 19.1 Å². The van der Waals surface area contributed by atoms with E-state index >= 15 is 0 Å². The van der Waals surface area contributed by atoms with E-state index in [4.69, 9.17) is 16.0 Å². The third kappa shape index (κ3) is 3.34. The molecule has 2 heterocycles. The van der Waals surface area contributed by atoms with Crippen LogP contribution in [0.5, 0.6) is 0 Å². The molecule has 1 aromatic carbocycles. The van der Waals surface area contributed by atoms with Gasteiger partial charge in [0.25, 0.3) is 5.69 Å². The predicted molar refractivity (Wildman–Crippen MR) is 89.3 cm³/mol. The molecule has 0 radical (unpaired) electrons. The average molecular weight is 352 g/mol. The molecule has 1 aliphatic heterocycles. The molecule has 1 aliphatic rings. The standard InChI is InChI=1S/C15H18ClN5O3/c1-10(15-18-17-11(2)24-15)19-5-7-20(8-6-19)13-4-3-12(16)9-14(13)21(22)23/h3-4,9-10H,5-8H2,1-2H3/t10-/m1/s1. The van der Waals surface area contributed by atoms with Gasteiger partial charge in [0.2, 0.25) is 11.8 Å². The van der Waals surface area contributed by atoms with Crippen molar-refractivity contribution >= 4 is 23.0 Å². The van der Waals surface area contributed by atoms with Crippen LogP contribution in [-0.4, -0.2) is 46.2 Å². The van der Waals surface area contributed by atoms with Gasteiger partial charge in [0, 0.05) is 44.2 Å². The quantitative estimate of drug-likeness (QED) is 0.618. The summed E-state index contributed by atoms with van der Waals surface area (Å²) in [4.78, 5) is 15.1. The van der Waals surface area contributed by atoms with Crippen LogP contribution >= 0.6 is 11.6 Å². The Kier molecular flexibility index (Phi) is 4.68. The summed E-state index contributed by atoms with van der Waals surface area (Å²) in [6, 6.07) is 4.81. The Morgan fingerprint density at radius 1 is 1.29 bits per heavy atom. The van der Waals surface area contributed by atoms with Gasteiger partial charge in [-0.2, -0.15) is 0 Å². The summed E-state index contributed by atoms with van der Waals surface area (Å²) >= 11 is 5.88. The summed E-state index contributed by atoms with van der Waals surface area (Å²) in [6.45, 7) is 6.65. The van der Waals surface area contributed by atoms with Crippen molar-refractivity contribution < 1.29 is 9.34 Å². The fourth-order valence-corrected chi connectivity index (χ4v) is 3.06. The molecule has 2 aromatic rings. The number of hydrogen-bond donors (Lipinski definition) is 0. The molecule has 0 bridgehead atoms. The topological polar surface area (TPSA) is 88.5 Å².